The van der Waals surface area contributed by atoms with E-state index in [2.05, 4.69) is 15.9 Å². The Morgan fingerprint density at radius 3 is 2.35 bits per heavy atom. The van der Waals surface area contributed by atoms with Crippen molar-refractivity contribution in [2.75, 3.05) is 32.7 Å². The van der Waals surface area contributed by atoms with Gasteiger partial charge in [-0.25, -0.2) is 16.8 Å². The van der Waals surface area contributed by atoms with Gasteiger partial charge in [0.1, 0.15) is 20.5 Å². The van der Waals surface area contributed by atoms with E-state index in [1.165, 1.54) is 26.3 Å². The lowest BCUT2D eigenvalue weighted by atomic mass is 10.3. The van der Waals surface area contributed by atoms with Gasteiger partial charge in [-0.05, 0) is 18.2 Å². The fourth-order valence-electron chi connectivity index (χ4n) is 1.43. The topological polar surface area (TPSA) is 80.8 Å². The van der Waals surface area contributed by atoms with Crippen LogP contribution in [0.3, 0.4) is 0 Å². The standard InChI is InChI=1S/C11H16BrNO5S2/c1-13(6-7-19(3,14)15)20(16,17)11-8-9(12)4-5-10(11)18-2/h4-5,8H,6-7H2,1-3H3. The zero-order chi connectivity index (χ0) is 15.6. The van der Waals surface area contributed by atoms with Crippen molar-refractivity contribution in [3.8, 4) is 5.75 Å². The van der Waals surface area contributed by atoms with Crippen LogP contribution in [-0.2, 0) is 19.9 Å². The molecule has 0 radical (unpaired) electrons. The lowest BCUT2D eigenvalue weighted by molar-refractivity contribution is 0.399. The van der Waals surface area contributed by atoms with Gasteiger partial charge in [-0.3, -0.25) is 0 Å². The van der Waals surface area contributed by atoms with Crippen LogP contribution in [0.15, 0.2) is 27.6 Å². The third-order valence-corrected chi connectivity index (χ3v) is 5.89. The number of rotatable bonds is 6. The molecule has 1 aromatic rings. The number of nitrogens with zero attached hydrogens (tertiary/aromatic N) is 1. The molecule has 0 atom stereocenters. The summed E-state index contributed by atoms with van der Waals surface area (Å²) in [5.74, 6) is -0.0293. The zero-order valence-corrected chi connectivity index (χ0v) is 14.5. The zero-order valence-electron chi connectivity index (χ0n) is 11.3. The first-order valence-corrected chi connectivity index (χ1v) is 9.85. The second-order valence-electron chi connectivity index (χ2n) is 4.25. The first-order valence-electron chi connectivity index (χ1n) is 5.55. The smallest absolute Gasteiger partial charge is 0.246 e. The van der Waals surface area contributed by atoms with Gasteiger partial charge in [-0.1, -0.05) is 15.9 Å². The van der Waals surface area contributed by atoms with E-state index in [0.29, 0.717) is 4.47 Å². The van der Waals surface area contributed by atoms with Gasteiger partial charge < -0.3 is 4.74 Å². The van der Waals surface area contributed by atoms with Crippen molar-refractivity contribution in [1.29, 1.82) is 0 Å². The minimum Gasteiger partial charge on any atom is -0.495 e. The Morgan fingerprint density at radius 1 is 1.25 bits per heavy atom. The molecule has 114 valence electrons. The maximum absolute atomic E-state index is 12.4. The van der Waals surface area contributed by atoms with Crippen molar-refractivity contribution in [3.05, 3.63) is 22.7 Å². The molecule has 6 nitrogen and oxygen atoms in total. The largest absolute Gasteiger partial charge is 0.495 e. The molecule has 0 saturated heterocycles. The van der Waals surface area contributed by atoms with Gasteiger partial charge in [0.05, 0.1) is 12.9 Å². The highest BCUT2D eigenvalue weighted by molar-refractivity contribution is 9.10. The Bertz CT molecular complexity index is 685. The van der Waals surface area contributed by atoms with Crippen molar-refractivity contribution in [2.45, 2.75) is 4.90 Å². The summed E-state index contributed by atoms with van der Waals surface area (Å²) in [6, 6.07) is 4.61. The molecule has 0 heterocycles. The lowest BCUT2D eigenvalue weighted by Crippen LogP contribution is -2.31. The first kappa shape index (κ1) is 17.4. The van der Waals surface area contributed by atoms with Gasteiger partial charge in [-0.2, -0.15) is 4.31 Å². The number of halogens is 1. The molecule has 0 aromatic heterocycles. The Balaban J connectivity index is 3.13. The van der Waals surface area contributed by atoms with E-state index >= 15 is 0 Å². The minimum atomic E-state index is -3.81. The fourth-order valence-corrected chi connectivity index (χ4v) is 4.02. The summed E-state index contributed by atoms with van der Waals surface area (Å²) in [6.45, 7) is -0.114. The summed E-state index contributed by atoms with van der Waals surface area (Å²) in [7, 11) is -4.34. The third-order valence-electron chi connectivity index (χ3n) is 2.59. The van der Waals surface area contributed by atoms with Crippen molar-refractivity contribution in [3.63, 3.8) is 0 Å². The average Bonchev–Trinajstić information content (AvgIpc) is 2.34. The van der Waals surface area contributed by atoms with Crippen LogP contribution in [0, 0.1) is 0 Å². The Morgan fingerprint density at radius 2 is 1.85 bits per heavy atom. The molecule has 0 unspecified atom stereocenters. The molecular formula is C11H16BrNO5S2. The van der Waals surface area contributed by atoms with Crippen LogP contribution in [-0.4, -0.2) is 53.9 Å². The summed E-state index contributed by atoms with van der Waals surface area (Å²) in [5, 5.41) is 0. The second kappa shape index (κ2) is 6.42. The summed E-state index contributed by atoms with van der Waals surface area (Å²) in [5.41, 5.74) is 0. The maximum Gasteiger partial charge on any atom is 0.246 e. The van der Waals surface area contributed by atoms with Crippen molar-refractivity contribution in [1.82, 2.24) is 4.31 Å². The van der Waals surface area contributed by atoms with Gasteiger partial charge in [0.25, 0.3) is 0 Å². The summed E-state index contributed by atoms with van der Waals surface area (Å²) < 4.78 is 53.7. The fraction of sp³-hybridized carbons (Fsp3) is 0.455. The molecule has 0 amide bonds. The summed E-state index contributed by atoms with van der Waals surface area (Å²) >= 11 is 3.20. The summed E-state index contributed by atoms with van der Waals surface area (Å²) in [6.07, 6.45) is 1.06. The van der Waals surface area contributed by atoms with E-state index in [4.69, 9.17) is 4.74 Å². The van der Waals surface area contributed by atoms with Gasteiger partial charge in [-0.15, -0.1) is 0 Å². The van der Waals surface area contributed by atoms with E-state index in [9.17, 15) is 16.8 Å². The number of sulfone groups is 1. The monoisotopic (exact) mass is 385 g/mol. The molecule has 0 aliphatic rings. The number of hydrogen-bond acceptors (Lipinski definition) is 5. The van der Waals surface area contributed by atoms with Gasteiger partial charge >= 0.3 is 0 Å². The van der Waals surface area contributed by atoms with Crippen LogP contribution in [0.25, 0.3) is 0 Å². The number of ether oxygens (including phenoxy) is 1. The normalized spacial score (nSPS) is 12.7. The SMILES string of the molecule is COc1ccc(Br)cc1S(=O)(=O)N(C)CCS(C)(=O)=O. The Hall–Kier alpha value is -0.640. The molecule has 9 heteroatoms. The first-order chi connectivity index (χ1) is 9.08. The molecule has 1 aromatic carbocycles. The van der Waals surface area contributed by atoms with E-state index in [1.807, 2.05) is 0 Å². The molecule has 0 saturated carbocycles. The van der Waals surface area contributed by atoms with E-state index in [0.717, 1.165) is 10.6 Å². The van der Waals surface area contributed by atoms with Crippen LogP contribution < -0.4 is 4.74 Å². The maximum atomic E-state index is 12.4. The van der Waals surface area contributed by atoms with Crippen LogP contribution >= 0.6 is 15.9 Å². The minimum absolute atomic E-state index is 0.00891. The number of benzene rings is 1. The molecular weight excluding hydrogens is 370 g/mol. The van der Waals surface area contributed by atoms with Crippen molar-refractivity contribution >= 4 is 35.8 Å². The van der Waals surface area contributed by atoms with Crippen LogP contribution in [0.1, 0.15) is 0 Å². The summed E-state index contributed by atoms with van der Waals surface area (Å²) in [4.78, 5) is -0.00891. The molecule has 0 N–H and O–H groups in total. The lowest BCUT2D eigenvalue weighted by Gasteiger charge is -2.18. The van der Waals surface area contributed by atoms with Crippen LogP contribution in [0.5, 0.6) is 5.75 Å². The van der Waals surface area contributed by atoms with E-state index < -0.39 is 19.9 Å². The Kier molecular flexibility index (Phi) is 5.59. The molecule has 0 aliphatic heterocycles. The van der Waals surface area contributed by atoms with Gasteiger partial charge in [0, 0.05) is 24.3 Å². The average molecular weight is 386 g/mol. The molecule has 0 aliphatic carbocycles. The Labute approximate surface area is 127 Å². The van der Waals surface area contributed by atoms with Gasteiger partial charge in [0.15, 0.2) is 0 Å². The van der Waals surface area contributed by atoms with E-state index in [1.54, 1.807) is 6.07 Å². The van der Waals surface area contributed by atoms with Crippen molar-refractivity contribution in [2.24, 2.45) is 0 Å². The quantitative estimate of drug-likeness (QED) is 0.732. The predicted octanol–water partition coefficient (Wildman–Crippen LogP) is 1.12. The molecule has 20 heavy (non-hydrogen) atoms. The highest BCUT2D eigenvalue weighted by Crippen LogP contribution is 2.29. The third kappa shape index (κ3) is 4.44. The number of sulfonamides is 1. The second-order valence-corrected chi connectivity index (χ2v) is 9.44. The molecule has 0 spiro atoms. The molecule has 0 bridgehead atoms. The highest BCUT2D eigenvalue weighted by atomic mass is 79.9. The number of hydrogen-bond donors (Lipinski definition) is 0. The van der Waals surface area contributed by atoms with Crippen LogP contribution in [0.2, 0.25) is 0 Å². The van der Waals surface area contributed by atoms with Gasteiger partial charge in [0.2, 0.25) is 10.0 Å². The molecule has 0 fully saturated rings. The highest BCUT2D eigenvalue weighted by Gasteiger charge is 2.25. The van der Waals surface area contributed by atoms with Crippen LogP contribution in [0.4, 0.5) is 0 Å². The van der Waals surface area contributed by atoms with Crippen molar-refractivity contribution < 1.29 is 21.6 Å². The number of methoxy groups -OCH3 is 1. The molecule has 1 rings (SSSR count). The van der Waals surface area contributed by atoms with E-state index in [-0.39, 0.29) is 22.9 Å². The predicted molar refractivity (Wildman–Crippen MR) is 80.2 cm³/mol.